The Balaban J connectivity index is 2.03. The lowest BCUT2D eigenvalue weighted by Gasteiger charge is -2.18. The van der Waals surface area contributed by atoms with Crippen LogP contribution in [0.25, 0.3) is 0 Å². The number of nitrogens with zero attached hydrogens (tertiary/aromatic N) is 3. The molecule has 0 fully saturated rings. The SMILES string of the molecule is CCc1cccc2c1N(C(=O)c1nonc1C)CC2. The number of benzene rings is 1. The average molecular weight is 257 g/mol. The Labute approximate surface area is 111 Å². The molecule has 1 aromatic heterocycles. The fourth-order valence-electron chi connectivity index (χ4n) is 2.58. The number of aryl methyl sites for hydroxylation is 2. The van der Waals surface area contributed by atoms with E-state index >= 15 is 0 Å². The molecule has 5 heteroatoms. The van der Waals surface area contributed by atoms with Crippen molar-refractivity contribution < 1.29 is 9.42 Å². The summed E-state index contributed by atoms with van der Waals surface area (Å²) in [7, 11) is 0. The van der Waals surface area contributed by atoms with Gasteiger partial charge in [0.1, 0.15) is 5.69 Å². The standard InChI is InChI=1S/C14H15N3O2/c1-3-10-5-4-6-11-7-8-17(13(10)11)14(18)12-9(2)15-19-16-12/h4-6H,3,7-8H2,1-2H3. The summed E-state index contributed by atoms with van der Waals surface area (Å²) in [6, 6.07) is 6.20. The molecular formula is C14H15N3O2. The molecule has 0 radical (unpaired) electrons. The van der Waals surface area contributed by atoms with E-state index in [2.05, 4.69) is 40.1 Å². The Morgan fingerprint density at radius 1 is 1.42 bits per heavy atom. The Morgan fingerprint density at radius 2 is 2.26 bits per heavy atom. The first kappa shape index (κ1) is 11.9. The van der Waals surface area contributed by atoms with Crippen molar-refractivity contribution in [2.24, 2.45) is 0 Å². The van der Waals surface area contributed by atoms with E-state index in [0.29, 0.717) is 17.9 Å². The van der Waals surface area contributed by atoms with Gasteiger partial charge in [0.05, 0.1) is 5.69 Å². The van der Waals surface area contributed by atoms with Gasteiger partial charge >= 0.3 is 0 Å². The topological polar surface area (TPSA) is 59.2 Å². The Morgan fingerprint density at radius 3 is 2.95 bits per heavy atom. The molecule has 0 aliphatic carbocycles. The van der Waals surface area contributed by atoms with E-state index in [-0.39, 0.29) is 5.91 Å². The summed E-state index contributed by atoms with van der Waals surface area (Å²) < 4.78 is 4.62. The van der Waals surface area contributed by atoms with Gasteiger partial charge in [-0.05, 0) is 36.0 Å². The third kappa shape index (κ3) is 1.82. The fraction of sp³-hybridized carbons (Fsp3) is 0.357. The minimum atomic E-state index is -0.126. The highest BCUT2D eigenvalue weighted by molar-refractivity contribution is 6.07. The van der Waals surface area contributed by atoms with Crippen LogP contribution in [0, 0.1) is 6.92 Å². The van der Waals surface area contributed by atoms with Gasteiger partial charge in [0.2, 0.25) is 0 Å². The summed E-state index contributed by atoms with van der Waals surface area (Å²) in [5.74, 6) is -0.126. The van der Waals surface area contributed by atoms with Crippen molar-refractivity contribution in [3.8, 4) is 0 Å². The number of fused-ring (bicyclic) bond motifs is 1. The van der Waals surface area contributed by atoms with Crippen LogP contribution in [0.3, 0.4) is 0 Å². The van der Waals surface area contributed by atoms with E-state index in [1.165, 1.54) is 11.1 Å². The molecule has 1 aliphatic rings. The Hall–Kier alpha value is -2.17. The van der Waals surface area contributed by atoms with Crippen molar-refractivity contribution in [2.45, 2.75) is 26.7 Å². The number of carbonyl (C=O) groups is 1. The molecule has 19 heavy (non-hydrogen) atoms. The maximum absolute atomic E-state index is 12.5. The molecule has 98 valence electrons. The van der Waals surface area contributed by atoms with Crippen LogP contribution in [0.4, 0.5) is 5.69 Å². The number of aromatic nitrogens is 2. The van der Waals surface area contributed by atoms with Gasteiger partial charge in [0.15, 0.2) is 5.69 Å². The molecule has 5 nitrogen and oxygen atoms in total. The zero-order valence-corrected chi connectivity index (χ0v) is 11.0. The number of para-hydroxylation sites is 1. The summed E-state index contributed by atoms with van der Waals surface area (Å²) in [6.45, 7) is 4.52. The molecule has 2 aromatic rings. The van der Waals surface area contributed by atoms with Gasteiger partial charge in [-0.15, -0.1) is 0 Å². The molecule has 0 bridgehead atoms. The normalized spacial score (nSPS) is 13.7. The lowest BCUT2D eigenvalue weighted by Crippen LogP contribution is -2.30. The molecule has 0 saturated carbocycles. The number of carbonyl (C=O) groups excluding carboxylic acids is 1. The summed E-state index contributed by atoms with van der Waals surface area (Å²) in [6.07, 6.45) is 1.79. The Kier molecular flexibility index (Phi) is 2.81. The van der Waals surface area contributed by atoms with Crippen LogP contribution in [0.15, 0.2) is 22.8 Å². The van der Waals surface area contributed by atoms with E-state index in [9.17, 15) is 4.79 Å². The predicted molar refractivity (Wildman–Crippen MR) is 70.2 cm³/mol. The molecule has 0 unspecified atom stereocenters. The van der Waals surface area contributed by atoms with Crippen LogP contribution < -0.4 is 4.90 Å². The van der Waals surface area contributed by atoms with E-state index < -0.39 is 0 Å². The molecule has 2 heterocycles. The maximum Gasteiger partial charge on any atom is 0.282 e. The molecule has 1 amide bonds. The first-order chi connectivity index (χ1) is 9.22. The van der Waals surface area contributed by atoms with E-state index in [4.69, 9.17) is 0 Å². The van der Waals surface area contributed by atoms with Crippen molar-refractivity contribution in [1.82, 2.24) is 10.3 Å². The van der Waals surface area contributed by atoms with Crippen molar-refractivity contribution in [2.75, 3.05) is 11.4 Å². The van der Waals surface area contributed by atoms with Crippen molar-refractivity contribution in [3.63, 3.8) is 0 Å². The summed E-state index contributed by atoms with van der Waals surface area (Å²) >= 11 is 0. The fourth-order valence-corrected chi connectivity index (χ4v) is 2.58. The monoisotopic (exact) mass is 257 g/mol. The highest BCUT2D eigenvalue weighted by Crippen LogP contribution is 2.33. The number of anilines is 1. The molecule has 0 N–H and O–H groups in total. The van der Waals surface area contributed by atoms with Crippen LogP contribution >= 0.6 is 0 Å². The first-order valence-corrected chi connectivity index (χ1v) is 6.44. The zero-order chi connectivity index (χ0) is 13.4. The van der Waals surface area contributed by atoms with Gasteiger partial charge in [-0.2, -0.15) is 0 Å². The Bertz CT molecular complexity index is 633. The average Bonchev–Trinajstić information content (AvgIpc) is 3.03. The largest absolute Gasteiger partial charge is 0.306 e. The van der Waals surface area contributed by atoms with Gasteiger partial charge in [0.25, 0.3) is 5.91 Å². The first-order valence-electron chi connectivity index (χ1n) is 6.44. The highest BCUT2D eigenvalue weighted by atomic mass is 16.6. The second kappa shape index (κ2) is 4.50. The molecular weight excluding hydrogens is 242 g/mol. The van der Waals surface area contributed by atoms with Crippen molar-refractivity contribution in [1.29, 1.82) is 0 Å². The predicted octanol–water partition coefficient (Wildman–Crippen LogP) is 2.14. The van der Waals surface area contributed by atoms with Gasteiger partial charge in [0, 0.05) is 6.54 Å². The maximum atomic E-state index is 12.5. The van der Waals surface area contributed by atoms with E-state index in [1.807, 2.05) is 0 Å². The summed E-state index contributed by atoms with van der Waals surface area (Å²) in [5, 5.41) is 7.39. The third-order valence-corrected chi connectivity index (χ3v) is 3.56. The molecule has 0 spiro atoms. The van der Waals surface area contributed by atoms with Crippen LogP contribution in [0.1, 0.15) is 34.2 Å². The molecule has 1 aromatic carbocycles. The van der Waals surface area contributed by atoms with Gasteiger partial charge < -0.3 is 4.90 Å². The van der Waals surface area contributed by atoms with Crippen LogP contribution in [-0.4, -0.2) is 22.8 Å². The quantitative estimate of drug-likeness (QED) is 0.827. The van der Waals surface area contributed by atoms with E-state index in [0.717, 1.165) is 18.5 Å². The second-order valence-corrected chi connectivity index (χ2v) is 4.68. The van der Waals surface area contributed by atoms with E-state index in [1.54, 1.807) is 11.8 Å². The van der Waals surface area contributed by atoms with Crippen LogP contribution in [0.5, 0.6) is 0 Å². The summed E-state index contributed by atoms with van der Waals surface area (Å²) in [5.41, 5.74) is 4.29. The number of amides is 1. The molecule has 0 saturated heterocycles. The van der Waals surface area contributed by atoms with Crippen LogP contribution in [-0.2, 0) is 12.8 Å². The van der Waals surface area contributed by atoms with Gasteiger partial charge in [-0.1, -0.05) is 30.3 Å². The minimum absolute atomic E-state index is 0.126. The second-order valence-electron chi connectivity index (χ2n) is 4.68. The van der Waals surface area contributed by atoms with Crippen LogP contribution in [0.2, 0.25) is 0 Å². The zero-order valence-electron chi connectivity index (χ0n) is 11.0. The minimum Gasteiger partial charge on any atom is -0.306 e. The number of hydrogen-bond donors (Lipinski definition) is 0. The highest BCUT2D eigenvalue weighted by Gasteiger charge is 2.30. The van der Waals surface area contributed by atoms with Gasteiger partial charge in [-0.25, -0.2) is 4.63 Å². The number of rotatable bonds is 2. The smallest absolute Gasteiger partial charge is 0.282 e. The number of hydrogen-bond acceptors (Lipinski definition) is 4. The lowest BCUT2D eigenvalue weighted by molar-refractivity contribution is 0.0979. The lowest BCUT2D eigenvalue weighted by atomic mass is 10.1. The molecule has 3 rings (SSSR count). The molecule has 0 atom stereocenters. The molecule has 1 aliphatic heterocycles. The third-order valence-electron chi connectivity index (χ3n) is 3.56. The summed E-state index contributed by atoms with van der Waals surface area (Å²) in [4.78, 5) is 14.3. The van der Waals surface area contributed by atoms with Gasteiger partial charge in [-0.3, -0.25) is 4.79 Å². The van der Waals surface area contributed by atoms with Crippen molar-refractivity contribution >= 4 is 11.6 Å². The van der Waals surface area contributed by atoms with Crippen molar-refractivity contribution in [3.05, 3.63) is 40.7 Å².